The lowest BCUT2D eigenvalue weighted by atomic mass is 10.2. The fraction of sp³-hybridized carbons (Fsp3) is 0.167. The third-order valence-corrected chi connectivity index (χ3v) is 5.27. The van der Waals surface area contributed by atoms with Crippen LogP contribution < -0.4 is 16.2 Å². The van der Waals surface area contributed by atoms with Gasteiger partial charge >= 0.3 is 0 Å². The van der Waals surface area contributed by atoms with Crippen LogP contribution in [0, 0.1) is 0 Å². The summed E-state index contributed by atoms with van der Waals surface area (Å²) in [6, 6.07) is 9.54. The quantitative estimate of drug-likeness (QED) is 0.614. The molecule has 1 aromatic carbocycles. The van der Waals surface area contributed by atoms with Gasteiger partial charge in [-0.2, -0.15) is 0 Å². The van der Waals surface area contributed by atoms with Gasteiger partial charge in [0, 0.05) is 26.8 Å². The highest BCUT2D eigenvalue weighted by Gasteiger charge is 2.16. The number of nitrogens with zero attached hydrogens (tertiary/aromatic N) is 4. The Morgan fingerprint density at radius 2 is 1.92 bits per heavy atom. The Bertz CT molecular complexity index is 1130. The van der Waals surface area contributed by atoms with E-state index in [2.05, 4.69) is 9.97 Å². The first-order valence-corrected chi connectivity index (χ1v) is 8.67. The number of hydrogen-bond acceptors (Lipinski definition) is 6. The van der Waals surface area contributed by atoms with Crippen LogP contribution in [0.15, 0.2) is 47.7 Å². The number of anilines is 1. The SMILES string of the molecule is CN(C)c1ccnc2sc3c(=O)n(-c4ccc(CN)cc4)cnc3c12. The Labute approximate surface area is 148 Å². The Morgan fingerprint density at radius 3 is 2.60 bits per heavy atom. The Morgan fingerprint density at radius 1 is 1.16 bits per heavy atom. The maximum atomic E-state index is 13.0. The molecule has 0 saturated carbocycles. The van der Waals surface area contributed by atoms with Gasteiger partial charge in [-0.25, -0.2) is 9.97 Å². The Kier molecular flexibility index (Phi) is 3.74. The minimum atomic E-state index is -0.0850. The number of hydrogen-bond donors (Lipinski definition) is 1. The van der Waals surface area contributed by atoms with Gasteiger partial charge in [-0.3, -0.25) is 9.36 Å². The largest absolute Gasteiger partial charge is 0.377 e. The zero-order valence-corrected chi connectivity index (χ0v) is 14.7. The van der Waals surface area contributed by atoms with Crippen LogP contribution in [0.4, 0.5) is 5.69 Å². The normalized spacial score (nSPS) is 11.3. The predicted molar refractivity (Wildman–Crippen MR) is 103 cm³/mol. The smallest absolute Gasteiger partial charge is 0.275 e. The van der Waals surface area contributed by atoms with Gasteiger partial charge in [0.15, 0.2) is 0 Å². The van der Waals surface area contributed by atoms with Crippen LogP contribution in [0.3, 0.4) is 0 Å². The molecule has 126 valence electrons. The van der Waals surface area contributed by atoms with Crippen LogP contribution in [0.2, 0.25) is 0 Å². The monoisotopic (exact) mass is 351 g/mol. The third-order valence-electron chi connectivity index (χ3n) is 4.19. The summed E-state index contributed by atoms with van der Waals surface area (Å²) in [4.78, 5) is 24.8. The average Bonchev–Trinajstić information content (AvgIpc) is 3.02. The maximum absolute atomic E-state index is 13.0. The second-order valence-corrected chi connectivity index (χ2v) is 6.97. The zero-order chi connectivity index (χ0) is 17.6. The number of benzene rings is 1. The Hall–Kier alpha value is -2.77. The summed E-state index contributed by atoms with van der Waals surface area (Å²) in [5, 5.41) is 0.926. The van der Waals surface area contributed by atoms with Crippen molar-refractivity contribution in [3.63, 3.8) is 0 Å². The van der Waals surface area contributed by atoms with Crippen molar-refractivity contribution < 1.29 is 0 Å². The van der Waals surface area contributed by atoms with E-state index in [-0.39, 0.29) is 5.56 Å². The predicted octanol–water partition coefficient (Wildman–Crippen LogP) is 2.52. The molecular weight excluding hydrogens is 334 g/mol. The second kappa shape index (κ2) is 5.94. The van der Waals surface area contributed by atoms with Crippen molar-refractivity contribution in [2.75, 3.05) is 19.0 Å². The van der Waals surface area contributed by atoms with Gasteiger partial charge in [-0.15, -0.1) is 11.3 Å². The molecule has 3 heterocycles. The molecule has 0 radical (unpaired) electrons. The summed E-state index contributed by atoms with van der Waals surface area (Å²) in [7, 11) is 3.94. The molecular formula is C18H17N5OS. The third kappa shape index (κ3) is 2.48. The summed E-state index contributed by atoms with van der Waals surface area (Å²) in [6.07, 6.45) is 3.35. The molecule has 0 aliphatic carbocycles. The van der Waals surface area contributed by atoms with Crippen molar-refractivity contribution in [3.05, 3.63) is 58.8 Å². The zero-order valence-electron chi connectivity index (χ0n) is 13.9. The highest BCUT2D eigenvalue weighted by atomic mass is 32.1. The number of nitrogens with two attached hydrogens (primary N) is 1. The minimum Gasteiger partial charge on any atom is -0.377 e. The average molecular weight is 351 g/mol. The number of pyridine rings is 1. The van der Waals surface area contributed by atoms with Crippen molar-refractivity contribution in [2.45, 2.75) is 6.54 Å². The summed E-state index contributed by atoms with van der Waals surface area (Å²) >= 11 is 1.38. The molecule has 4 aromatic rings. The number of fused-ring (bicyclic) bond motifs is 3. The van der Waals surface area contributed by atoms with Crippen molar-refractivity contribution in [3.8, 4) is 5.69 Å². The first kappa shape index (κ1) is 15.7. The van der Waals surface area contributed by atoms with Crippen molar-refractivity contribution in [1.29, 1.82) is 0 Å². The highest BCUT2D eigenvalue weighted by Crippen LogP contribution is 2.35. The molecule has 25 heavy (non-hydrogen) atoms. The van der Waals surface area contributed by atoms with Crippen LogP contribution in [0.1, 0.15) is 5.56 Å². The van der Waals surface area contributed by atoms with Gasteiger partial charge in [0.05, 0.1) is 22.3 Å². The van der Waals surface area contributed by atoms with E-state index < -0.39 is 0 Å². The molecule has 0 saturated heterocycles. The van der Waals surface area contributed by atoms with Crippen molar-refractivity contribution in [1.82, 2.24) is 14.5 Å². The van der Waals surface area contributed by atoms with E-state index in [0.717, 1.165) is 27.2 Å². The molecule has 0 fully saturated rings. The van der Waals surface area contributed by atoms with Crippen LogP contribution in [-0.4, -0.2) is 28.6 Å². The molecule has 3 aromatic heterocycles. The van der Waals surface area contributed by atoms with Gasteiger partial charge in [-0.05, 0) is 23.8 Å². The number of thiophene rings is 1. The van der Waals surface area contributed by atoms with E-state index in [1.165, 1.54) is 11.3 Å². The minimum absolute atomic E-state index is 0.0850. The van der Waals surface area contributed by atoms with Crippen molar-refractivity contribution in [2.24, 2.45) is 5.73 Å². The van der Waals surface area contributed by atoms with E-state index in [9.17, 15) is 4.79 Å². The van der Waals surface area contributed by atoms with Crippen molar-refractivity contribution >= 4 is 37.5 Å². The van der Waals surface area contributed by atoms with E-state index >= 15 is 0 Å². The molecule has 7 heteroatoms. The topological polar surface area (TPSA) is 77.0 Å². The van der Waals surface area contributed by atoms with Gasteiger partial charge in [-0.1, -0.05) is 12.1 Å². The van der Waals surface area contributed by atoms with E-state index in [1.807, 2.05) is 49.3 Å². The van der Waals surface area contributed by atoms with E-state index in [0.29, 0.717) is 16.8 Å². The number of aromatic nitrogens is 3. The number of rotatable bonds is 3. The van der Waals surface area contributed by atoms with Crippen LogP contribution in [0.5, 0.6) is 0 Å². The first-order chi connectivity index (χ1) is 12.1. The lowest BCUT2D eigenvalue weighted by molar-refractivity contribution is 0.962. The molecule has 0 amide bonds. The van der Waals surface area contributed by atoms with Crippen LogP contribution in [-0.2, 0) is 6.54 Å². The molecule has 0 atom stereocenters. The molecule has 0 bridgehead atoms. The van der Waals surface area contributed by atoms with E-state index in [1.54, 1.807) is 17.1 Å². The lowest BCUT2D eigenvalue weighted by Gasteiger charge is -2.13. The Balaban J connectivity index is 1.98. The second-order valence-electron chi connectivity index (χ2n) is 5.97. The molecule has 0 unspecified atom stereocenters. The van der Waals surface area contributed by atoms with Crippen LogP contribution >= 0.6 is 11.3 Å². The lowest BCUT2D eigenvalue weighted by Crippen LogP contribution is -2.17. The summed E-state index contributed by atoms with van der Waals surface area (Å²) in [6.45, 7) is 0.474. The van der Waals surface area contributed by atoms with Gasteiger partial charge < -0.3 is 10.6 Å². The maximum Gasteiger partial charge on any atom is 0.275 e. The van der Waals surface area contributed by atoms with Gasteiger partial charge in [0.2, 0.25) is 0 Å². The first-order valence-electron chi connectivity index (χ1n) is 7.85. The molecule has 0 aliphatic heterocycles. The van der Waals surface area contributed by atoms with Gasteiger partial charge in [0.25, 0.3) is 5.56 Å². The summed E-state index contributed by atoms with van der Waals surface area (Å²) in [5.41, 5.74) is 9.06. The molecule has 0 spiro atoms. The molecule has 2 N–H and O–H groups in total. The summed E-state index contributed by atoms with van der Waals surface area (Å²) < 4.78 is 2.18. The highest BCUT2D eigenvalue weighted by molar-refractivity contribution is 7.25. The van der Waals surface area contributed by atoms with Gasteiger partial charge in [0.1, 0.15) is 15.9 Å². The fourth-order valence-electron chi connectivity index (χ4n) is 2.89. The van der Waals surface area contributed by atoms with Crippen LogP contribution in [0.25, 0.3) is 26.1 Å². The molecule has 4 rings (SSSR count). The van der Waals surface area contributed by atoms with E-state index in [4.69, 9.17) is 5.73 Å². The fourth-order valence-corrected chi connectivity index (χ4v) is 3.93. The summed E-state index contributed by atoms with van der Waals surface area (Å²) in [5.74, 6) is 0. The molecule has 6 nitrogen and oxygen atoms in total. The molecule has 0 aliphatic rings. The standard InChI is InChI=1S/C18H17N5OS/c1-22(2)13-7-8-20-17-14(13)15-16(25-17)18(24)23(10-21-15)12-5-3-11(9-19)4-6-12/h3-8,10H,9,19H2,1-2H3.